The highest BCUT2D eigenvalue weighted by molar-refractivity contribution is 6.02. The smallest absolute Gasteiger partial charge is 0.416 e. The molecule has 2 aliphatic heterocycles. The largest absolute Gasteiger partial charge is 0.464 e. The van der Waals surface area contributed by atoms with Crippen LogP contribution in [0.15, 0.2) is 77.9 Å². The standard InChI is InChI=1S/C24H19F3N2O/c1-15-6-8-16(9-7-15)20-14-21-19-4-2-3-5-22(19)30-23(29(21)28-20)17-10-12-18(13-11-17)24(25,26)27/h2-13,21,23H,14H2,1H3. The lowest BCUT2D eigenvalue weighted by molar-refractivity contribution is -0.137. The Hall–Kier alpha value is -3.28. The zero-order valence-electron chi connectivity index (χ0n) is 16.2. The second kappa shape index (κ2) is 6.90. The molecule has 0 saturated carbocycles. The lowest BCUT2D eigenvalue weighted by atomic mass is 9.95. The van der Waals surface area contributed by atoms with Gasteiger partial charge in [0.1, 0.15) is 5.75 Å². The Labute approximate surface area is 172 Å². The van der Waals surface area contributed by atoms with Gasteiger partial charge in [0.2, 0.25) is 6.23 Å². The van der Waals surface area contributed by atoms with Crippen molar-refractivity contribution in [2.45, 2.75) is 31.8 Å². The first-order valence-corrected chi connectivity index (χ1v) is 9.76. The Morgan fingerprint density at radius 3 is 2.33 bits per heavy atom. The maximum atomic E-state index is 13.0. The van der Waals surface area contributed by atoms with Gasteiger partial charge in [-0.05, 0) is 30.7 Å². The minimum Gasteiger partial charge on any atom is -0.464 e. The average molecular weight is 408 g/mol. The van der Waals surface area contributed by atoms with E-state index in [1.165, 1.54) is 17.7 Å². The zero-order chi connectivity index (χ0) is 20.9. The molecule has 0 N–H and O–H groups in total. The number of hydrogen-bond donors (Lipinski definition) is 0. The fourth-order valence-corrected chi connectivity index (χ4v) is 4.01. The van der Waals surface area contributed by atoms with Crippen LogP contribution in [-0.2, 0) is 6.18 Å². The maximum absolute atomic E-state index is 13.0. The van der Waals surface area contributed by atoms with E-state index in [1.807, 2.05) is 60.5 Å². The van der Waals surface area contributed by atoms with Crippen LogP contribution in [0.25, 0.3) is 0 Å². The maximum Gasteiger partial charge on any atom is 0.416 e. The van der Waals surface area contributed by atoms with Crippen LogP contribution in [0.2, 0.25) is 0 Å². The van der Waals surface area contributed by atoms with Gasteiger partial charge in [0.15, 0.2) is 0 Å². The van der Waals surface area contributed by atoms with Gasteiger partial charge in [-0.15, -0.1) is 0 Å². The van der Waals surface area contributed by atoms with Gasteiger partial charge in [0.25, 0.3) is 0 Å². The number of ether oxygens (including phenoxy) is 1. The quantitative estimate of drug-likeness (QED) is 0.500. The molecule has 3 aromatic rings. The monoisotopic (exact) mass is 408 g/mol. The van der Waals surface area contributed by atoms with Crippen molar-refractivity contribution in [2.75, 3.05) is 0 Å². The fraction of sp³-hybridized carbons (Fsp3) is 0.208. The zero-order valence-corrected chi connectivity index (χ0v) is 16.2. The summed E-state index contributed by atoms with van der Waals surface area (Å²) in [7, 11) is 0. The van der Waals surface area contributed by atoms with Gasteiger partial charge < -0.3 is 4.74 Å². The van der Waals surface area contributed by atoms with Crippen molar-refractivity contribution in [1.29, 1.82) is 0 Å². The predicted octanol–water partition coefficient (Wildman–Crippen LogP) is 6.26. The number of benzene rings is 3. The van der Waals surface area contributed by atoms with E-state index in [0.717, 1.165) is 34.7 Å². The molecule has 5 rings (SSSR count). The van der Waals surface area contributed by atoms with Crippen molar-refractivity contribution in [1.82, 2.24) is 5.01 Å². The van der Waals surface area contributed by atoms with E-state index in [9.17, 15) is 13.2 Å². The van der Waals surface area contributed by atoms with Crippen molar-refractivity contribution in [2.24, 2.45) is 5.10 Å². The molecule has 3 nitrogen and oxygen atoms in total. The molecule has 6 heteroatoms. The molecule has 2 atom stereocenters. The molecule has 0 spiro atoms. The summed E-state index contributed by atoms with van der Waals surface area (Å²) in [4.78, 5) is 0. The van der Waals surface area contributed by atoms with Crippen LogP contribution < -0.4 is 4.74 Å². The van der Waals surface area contributed by atoms with Crippen LogP contribution in [0.3, 0.4) is 0 Å². The van der Waals surface area contributed by atoms with Gasteiger partial charge in [-0.25, -0.2) is 5.01 Å². The van der Waals surface area contributed by atoms with Crippen molar-refractivity contribution in [3.8, 4) is 5.75 Å². The number of rotatable bonds is 2. The first-order chi connectivity index (χ1) is 14.4. The number of nitrogens with zero attached hydrogens (tertiary/aromatic N) is 2. The molecule has 3 aromatic carbocycles. The van der Waals surface area contributed by atoms with Crippen molar-refractivity contribution < 1.29 is 17.9 Å². The molecule has 0 bridgehead atoms. The third-order valence-electron chi connectivity index (χ3n) is 5.61. The fourth-order valence-electron chi connectivity index (χ4n) is 4.01. The summed E-state index contributed by atoms with van der Waals surface area (Å²) in [6.07, 6.45) is -4.25. The number of alkyl halides is 3. The summed E-state index contributed by atoms with van der Waals surface area (Å²) >= 11 is 0. The lowest BCUT2D eigenvalue weighted by Crippen LogP contribution is -2.33. The molecule has 0 aliphatic carbocycles. The van der Waals surface area contributed by atoms with Crippen LogP contribution in [0.4, 0.5) is 13.2 Å². The molecule has 152 valence electrons. The highest BCUT2D eigenvalue weighted by Gasteiger charge is 2.41. The Bertz CT molecular complexity index is 1100. The third kappa shape index (κ3) is 3.22. The number of aryl methyl sites for hydroxylation is 1. The minimum atomic E-state index is -4.37. The van der Waals surface area contributed by atoms with E-state index in [1.54, 1.807) is 0 Å². The van der Waals surface area contributed by atoms with E-state index < -0.39 is 18.0 Å². The summed E-state index contributed by atoms with van der Waals surface area (Å²) in [6, 6.07) is 21.1. The Balaban J connectivity index is 1.55. The van der Waals surface area contributed by atoms with Gasteiger partial charge in [0, 0.05) is 17.5 Å². The van der Waals surface area contributed by atoms with Gasteiger partial charge in [0.05, 0.1) is 17.3 Å². The molecule has 2 unspecified atom stereocenters. The molecule has 2 aliphatic rings. The normalized spacial score (nSPS) is 20.3. The Morgan fingerprint density at radius 2 is 1.63 bits per heavy atom. The summed E-state index contributed by atoms with van der Waals surface area (Å²) in [5.41, 5.74) is 4.15. The van der Waals surface area contributed by atoms with Crippen molar-refractivity contribution in [3.05, 3.63) is 101 Å². The van der Waals surface area contributed by atoms with Crippen molar-refractivity contribution >= 4 is 5.71 Å². The molecule has 0 radical (unpaired) electrons. The minimum absolute atomic E-state index is 0.0291. The van der Waals surface area contributed by atoms with Crippen LogP contribution >= 0.6 is 0 Å². The molecule has 30 heavy (non-hydrogen) atoms. The Morgan fingerprint density at radius 1 is 0.933 bits per heavy atom. The molecule has 0 saturated heterocycles. The number of fused-ring (bicyclic) bond motifs is 3. The van der Waals surface area contributed by atoms with E-state index in [0.29, 0.717) is 12.0 Å². The summed E-state index contributed by atoms with van der Waals surface area (Å²) < 4.78 is 45.1. The second-order valence-electron chi connectivity index (χ2n) is 7.64. The number of hydrogen-bond acceptors (Lipinski definition) is 3. The number of hydrazone groups is 1. The number of halogens is 3. The molecule has 0 amide bonds. The van der Waals surface area contributed by atoms with Gasteiger partial charge >= 0.3 is 6.18 Å². The SMILES string of the molecule is Cc1ccc(C2=NN3C(C2)c2ccccc2OC3c2ccc(C(F)(F)F)cc2)cc1. The van der Waals surface area contributed by atoms with Crippen LogP contribution in [0, 0.1) is 6.92 Å². The highest BCUT2D eigenvalue weighted by atomic mass is 19.4. The van der Waals surface area contributed by atoms with E-state index in [4.69, 9.17) is 9.84 Å². The molecule has 0 aromatic heterocycles. The summed E-state index contributed by atoms with van der Waals surface area (Å²) in [5, 5.41) is 6.72. The molecular weight excluding hydrogens is 389 g/mol. The average Bonchev–Trinajstić information content (AvgIpc) is 3.19. The summed E-state index contributed by atoms with van der Waals surface area (Å²) in [5.74, 6) is 0.740. The second-order valence-corrected chi connectivity index (χ2v) is 7.64. The van der Waals surface area contributed by atoms with Crippen LogP contribution in [0.5, 0.6) is 5.75 Å². The first kappa shape index (κ1) is 18.7. The van der Waals surface area contributed by atoms with Crippen LogP contribution in [0.1, 0.15) is 46.5 Å². The molecule has 0 fully saturated rings. The van der Waals surface area contributed by atoms with E-state index in [2.05, 4.69) is 0 Å². The molecule has 2 heterocycles. The number of para-hydroxylation sites is 1. The van der Waals surface area contributed by atoms with Gasteiger partial charge in [-0.2, -0.15) is 18.3 Å². The highest BCUT2D eigenvalue weighted by Crippen LogP contribution is 2.47. The molecular formula is C24H19F3N2O. The third-order valence-corrected chi connectivity index (χ3v) is 5.61. The van der Waals surface area contributed by atoms with Gasteiger partial charge in [-0.1, -0.05) is 60.2 Å². The van der Waals surface area contributed by atoms with E-state index in [-0.39, 0.29) is 6.04 Å². The predicted molar refractivity (Wildman–Crippen MR) is 108 cm³/mol. The topological polar surface area (TPSA) is 24.8 Å². The lowest BCUT2D eigenvalue weighted by Gasteiger charge is -2.38. The van der Waals surface area contributed by atoms with Gasteiger partial charge in [-0.3, -0.25) is 0 Å². The van der Waals surface area contributed by atoms with Crippen LogP contribution in [-0.4, -0.2) is 10.7 Å². The Kier molecular flexibility index (Phi) is 4.31. The first-order valence-electron chi connectivity index (χ1n) is 9.76. The van der Waals surface area contributed by atoms with Crippen molar-refractivity contribution in [3.63, 3.8) is 0 Å². The van der Waals surface area contributed by atoms with E-state index >= 15 is 0 Å². The summed E-state index contributed by atoms with van der Waals surface area (Å²) in [6.45, 7) is 2.04.